The van der Waals surface area contributed by atoms with Gasteiger partial charge < -0.3 is 9.84 Å². The first-order valence-corrected chi connectivity index (χ1v) is 6.33. The van der Waals surface area contributed by atoms with Crippen molar-refractivity contribution >= 4 is 0 Å². The minimum absolute atomic E-state index is 0.0571. The number of fused-ring (bicyclic) bond motifs is 1. The number of ether oxygens (including phenoxy) is 1. The van der Waals surface area contributed by atoms with E-state index >= 15 is 0 Å². The van der Waals surface area contributed by atoms with Crippen LogP contribution in [0, 0.1) is 0 Å². The average Bonchev–Trinajstić information content (AvgIpc) is 2.86. The molecule has 1 N–H and O–H groups in total. The molecule has 0 spiro atoms. The van der Waals surface area contributed by atoms with Gasteiger partial charge in [0.15, 0.2) is 6.23 Å². The highest BCUT2D eigenvalue weighted by molar-refractivity contribution is 5.47. The Kier molecular flexibility index (Phi) is 2.33. The first-order valence-electron chi connectivity index (χ1n) is 6.33. The van der Waals surface area contributed by atoms with Gasteiger partial charge in [0.05, 0.1) is 0 Å². The number of rotatable bonds is 1. The zero-order valence-electron chi connectivity index (χ0n) is 10.4. The molecule has 0 amide bonds. The van der Waals surface area contributed by atoms with E-state index < -0.39 is 0 Å². The van der Waals surface area contributed by atoms with Gasteiger partial charge in [-0.05, 0) is 31.0 Å². The molecule has 0 saturated carbocycles. The minimum Gasteiger partial charge on any atom is -0.508 e. The highest BCUT2D eigenvalue weighted by Gasteiger charge is 2.45. The van der Waals surface area contributed by atoms with Crippen LogP contribution in [0.2, 0.25) is 0 Å². The topological polar surface area (TPSA) is 32.7 Å². The summed E-state index contributed by atoms with van der Waals surface area (Å²) >= 11 is 0. The number of nitrogens with zero attached hydrogens (tertiary/aromatic N) is 1. The molecule has 3 heteroatoms. The van der Waals surface area contributed by atoms with Crippen molar-refractivity contribution in [1.82, 2.24) is 4.90 Å². The Morgan fingerprint density at radius 3 is 2.71 bits per heavy atom. The molecule has 2 aliphatic heterocycles. The smallest absolute Gasteiger partial charge is 0.162 e. The molecular formula is C14H19NO2. The van der Waals surface area contributed by atoms with Crippen molar-refractivity contribution in [3.8, 4) is 11.5 Å². The van der Waals surface area contributed by atoms with E-state index in [4.69, 9.17) is 4.74 Å². The maximum atomic E-state index is 9.61. The van der Waals surface area contributed by atoms with Crippen LogP contribution in [0.3, 0.4) is 0 Å². The van der Waals surface area contributed by atoms with Gasteiger partial charge in [0, 0.05) is 24.1 Å². The minimum atomic E-state index is -0.0571. The molecule has 1 fully saturated rings. The van der Waals surface area contributed by atoms with Crippen molar-refractivity contribution in [1.29, 1.82) is 0 Å². The van der Waals surface area contributed by atoms with Crippen LogP contribution < -0.4 is 4.74 Å². The highest BCUT2D eigenvalue weighted by atomic mass is 16.5. The van der Waals surface area contributed by atoms with Crippen LogP contribution >= 0.6 is 0 Å². The van der Waals surface area contributed by atoms with Gasteiger partial charge in [-0.2, -0.15) is 0 Å². The van der Waals surface area contributed by atoms with Crippen molar-refractivity contribution in [2.24, 2.45) is 0 Å². The lowest BCUT2D eigenvalue weighted by Crippen LogP contribution is -2.46. The number of likely N-dealkylation sites (tertiary alicyclic amines) is 1. The quantitative estimate of drug-likeness (QED) is 0.809. The monoisotopic (exact) mass is 233 g/mol. The van der Waals surface area contributed by atoms with E-state index in [2.05, 4.69) is 18.7 Å². The molecular weight excluding hydrogens is 214 g/mol. The molecule has 2 aliphatic rings. The Bertz CT molecular complexity index is 436. The highest BCUT2D eigenvalue weighted by Crippen LogP contribution is 2.45. The Labute approximate surface area is 102 Å². The van der Waals surface area contributed by atoms with Crippen molar-refractivity contribution in [3.05, 3.63) is 23.8 Å². The molecule has 0 radical (unpaired) electrons. The summed E-state index contributed by atoms with van der Waals surface area (Å²) in [6, 6.07) is 5.41. The standard InChI is InChI=1S/C14H19NO2/c1-14(2)11-9-10(16)5-6-12(11)17-13(14)15-7-3-4-8-15/h5-6,9,13,16H,3-4,7-8H2,1-2H3. The third kappa shape index (κ3) is 1.61. The largest absolute Gasteiger partial charge is 0.508 e. The SMILES string of the molecule is CC1(C)c2cc(O)ccc2OC1N1CCCC1. The van der Waals surface area contributed by atoms with Gasteiger partial charge in [-0.25, -0.2) is 0 Å². The molecule has 17 heavy (non-hydrogen) atoms. The van der Waals surface area contributed by atoms with Gasteiger partial charge in [-0.1, -0.05) is 13.8 Å². The summed E-state index contributed by atoms with van der Waals surface area (Å²) < 4.78 is 6.08. The number of phenols is 1. The van der Waals surface area contributed by atoms with Crippen LogP contribution in [0.25, 0.3) is 0 Å². The summed E-state index contributed by atoms with van der Waals surface area (Å²) in [6.45, 7) is 6.63. The van der Waals surface area contributed by atoms with Crippen LogP contribution in [-0.4, -0.2) is 29.3 Å². The lowest BCUT2D eigenvalue weighted by atomic mass is 9.83. The summed E-state index contributed by atoms with van der Waals surface area (Å²) in [7, 11) is 0. The van der Waals surface area contributed by atoms with Crippen LogP contribution in [0.5, 0.6) is 11.5 Å². The maximum Gasteiger partial charge on any atom is 0.162 e. The van der Waals surface area contributed by atoms with Gasteiger partial charge in [0.2, 0.25) is 0 Å². The van der Waals surface area contributed by atoms with Gasteiger partial charge in [-0.15, -0.1) is 0 Å². The molecule has 1 aromatic rings. The van der Waals surface area contributed by atoms with Gasteiger partial charge in [0.25, 0.3) is 0 Å². The second kappa shape index (κ2) is 3.64. The maximum absolute atomic E-state index is 9.61. The zero-order chi connectivity index (χ0) is 12.0. The van der Waals surface area contributed by atoms with Crippen molar-refractivity contribution in [2.45, 2.75) is 38.3 Å². The van der Waals surface area contributed by atoms with E-state index in [0.717, 1.165) is 24.4 Å². The Morgan fingerprint density at radius 1 is 1.29 bits per heavy atom. The molecule has 3 rings (SSSR count). The summed E-state index contributed by atoms with van der Waals surface area (Å²) in [4.78, 5) is 2.41. The van der Waals surface area contributed by atoms with Crippen molar-refractivity contribution in [3.63, 3.8) is 0 Å². The fraction of sp³-hybridized carbons (Fsp3) is 0.571. The van der Waals surface area contributed by atoms with Crippen LogP contribution in [0.4, 0.5) is 0 Å². The zero-order valence-corrected chi connectivity index (χ0v) is 10.4. The molecule has 1 saturated heterocycles. The number of hydrogen-bond donors (Lipinski definition) is 1. The van der Waals surface area contributed by atoms with Gasteiger partial charge in [0.1, 0.15) is 11.5 Å². The van der Waals surface area contributed by atoms with Crippen molar-refractivity contribution < 1.29 is 9.84 Å². The van der Waals surface area contributed by atoms with Crippen molar-refractivity contribution in [2.75, 3.05) is 13.1 Å². The van der Waals surface area contributed by atoms with Crippen LogP contribution in [0.15, 0.2) is 18.2 Å². The molecule has 0 aliphatic carbocycles. The molecule has 1 aromatic carbocycles. The van der Waals surface area contributed by atoms with Crippen LogP contribution in [-0.2, 0) is 5.41 Å². The molecule has 1 atom stereocenters. The molecule has 1 unspecified atom stereocenters. The number of phenolic OH excluding ortho intramolecular Hbond substituents is 1. The predicted molar refractivity (Wildman–Crippen MR) is 66.4 cm³/mol. The summed E-state index contributed by atoms with van der Waals surface area (Å²) in [5.41, 5.74) is 1.06. The Hall–Kier alpha value is -1.22. The molecule has 2 heterocycles. The van der Waals surface area contributed by atoms with E-state index in [-0.39, 0.29) is 11.6 Å². The summed E-state index contributed by atoms with van der Waals surface area (Å²) in [5.74, 6) is 1.24. The van der Waals surface area contributed by atoms with E-state index in [1.54, 1.807) is 6.07 Å². The Balaban J connectivity index is 1.97. The average molecular weight is 233 g/mol. The first-order chi connectivity index (χ1) is 8.09. The van der Waals surface area contributed by atoms with E-state index in [1.165, 1.54) is 12.8 Å². The Morgan fingerprint density at radius 2 is 2.00 bits per heavy atom. The van der Waals surface area contributed by atoms with E-state index in [9.17, 15) is 5.11 Å². The normalized spacial score (nSPS) is 26.8. The summed E-state index contributed by atoms with van der Waals surface area (Å²) in [6.07, 6.45) is 2.64. The lowest BCUT2D eigenvalue weighted by molar-refractivity contribution is 0.0143. The molecule has 0 bridgehead atoms. The fourth-order valence-electron chi connectivity index (χ4n) is 3.03. The van der Waals surface area contributed by atoms with Gasteiger partial charge in [-0.3, -0.25) is 4.90 Å². The van der Waals surface area contributed by atoms with Gasteiger partial charge >= 0.3 is 0 Å². The first kappa shape index (κ1) is 10.9. The summed E-state index contributed by atoms with van der Waals surface area (Å²) in [5, 5.41) is 9.61. The van der Waals surface area contributed by atoms with E-state index in [0.29, 0.717) is 5.75 Å². The number of aromatic hydroxyl groups is 1. The molecule has 3 nitrogen and oxygen atoms in total. The number of hydrogen-bond acceptors (Lipinski definition) is 3. The third-order valence-corrected chi connectivity index (χ3v) is 3.99. The molecule has 92 valence electrons. The third-order valence-electron chi connectivity index (χ3n) is 3.99. The fourth-order valence-corrected chi connectivity index (χ4v) is 3.03. The second-order valence-corrected chi connectivity index (χ2v) is 5.62. The predicted octanol–water partition coefficient (Wildman–Crippen LogP) is 2.48. The van der Waals surface area contributed by atoms with Crippen LogP contribution in [0.1, 0.15) is 32.3 Å². The van der Waals surface area contributed by atoms with E-state index in [1.807, 2.05) is 12.1 Å². The second-order valence-electron chi connectivity index (χ2n) is 5.62. The number of benzene rings is 1. The molecule has 0 aromatic heterocycles. The lowest BCUT2D eigenvalue weighted by Gasteiger charge is -2.33.